The Morgan fingerprint density at radius 1 is 0.976 bits per heavy atom. The van der Waals surface area contributed by atoms with Crippen LogP contribution in [-0.4, -0.2) is 45.3 Å². The lowest BCUT2D eigenvalue weighted by molar-refractivity contribution is -0.141. The molecule has 5 rings (SSSR count). The standard InChI is InChI=1S/C32H28FN3O6/c1-19-2-5-21(6-3-19)28-12-13-29(41-28)27(38)18-23(32(39)40)16-20-4-11-25(26(33)17-20)30-35-31(42-36-30)22-7-9-24(10-8-22)34-14-15-37/h2-13,17,23,34,37H,14-16,18H2,1H3,(H,39,40). The number of aryl methyl sites for hydroxylation is 1. The summed E-state index contributed by atoms with van der Waals surface area (Å²) in [5, 5.41) is 25.6. The molecule has 2 heterocycles. The average Bonchev–Trinajstić information content (AvgIpc) is 3.67. The van der Waals surface area contributed by atoms with Crippen molar-refractivity contribution < 1.29 is 33.1 Å². The van der Waals surface area contributed by atoms with Gasteiger partial charge < -0.3 is 24.5 Å². The topological polar surface area (TPSA) is 139 Å². The Labute approximate surface area is 240 Å². The number of ketones is 1. The maximum atomic E-state index is 15.1. The molecule has 0 radical (unpaired) electrons. The maximum Gasteiger partial charge on any atom is 0.307 e. The van der Waals surface area contributed by atoms with E-state index in [0.29, 0.717) is 23.4 Å². The number of benzene rings is 3. The fourth-order valence-electron chi connectivity index (χ4n) is 4.46. The quantitative estimate of drug-likeness (QED) is 0.154. The van der Waals surface area contributed by atoms with Crippen LogP contribution in [0.15, 0.2) is 87.8 Å². The molecule has 3 N–H and O–H groups in total. The highest BCUT2D eigenvalue weighted by Gasteiger charge is 2.25. The van der Waals surface area contributed by atoms with E-state index in [1.807, 2.05) is 31.2 Å². The van der Waals surface area contributed by atoms with Crippen molar-refractivity contribution in [2.45, 2.75) is 19.8 Å². The predicted molar refractivity (Wildman–Crippen MR) is 153 cm³/mol. The van der Waals surface area contributed by atoms with E-state index >= 15 is 4.39 Å². The van der Waals surface area contributed by atoms with Gasteiger partial charge in [-0.15, -0.1) is 0 Å². The van der Waals surface area contributed by atoms with Crippen molar-refractivity contribution in [3.05, 3.63) is 102 Å². The van der Waals surface area contributed by atoms with Gasteiger partial charge in [-0.2, -0.15) is 4.98 Å². The van der Waals surface area contributed by atoms with E-state index in [9.17, 15) is 14.7 Å². The molecule has 0 saturated carbocycles. The summed E-state index contributed by atoms with van der Waals surface area (Å²) < 4.78 is 26.1. The molecular weight excluding hydrogens is 541 g/mol. The smallest absolute Gasteiger partial charge is 0.307 e. The summed E-state index contributed by atoms with van der Waals surface area (Å²) >= 11 is 0. The highest BCUT2D eigenvalue weighted by atomic mass is 19.1. The number of anilines is 1. The Morgan fingerprint density at radius 2 is 1.71 bits per heavy atom. The van der Waals surface area contributed by atoms with Crippen molar-refractivity contribution >= 4 is 17.4 Å². The zero-order chi connectivity index (χ0) is 29.6. The van der Waals surface area contributed by atoms with Gasteiger partial charge in [0.05, 0.1) is 18.1 Å². The van der Waals surface area contributed by atoms with Crippen molar-refractivity contribution in [1.29, 1.82) is 0 Å². The van der Waals surface area contributed by atoms with E-state index in [1.165, 1.54) is 18.2 Å². The third-order valence-electron chi connectivity index (χ3n) is 6.75. The Kier molecular flexibility index (Phi) is 8.54. The predicted octanol–water partition coefficient (Wildman–Crippen LogP) is 6.03. The van der Waals surface area contributed by atoms with Crippen LogP contribution >= 0.6 is 0 Å². The van der Waals surface area contributed by atoms with Gasteiger partial charge in [-0.25, -0.2) is 4.39 Å². The molecule has 0 spiro atoms. The second-order valence-corrected chi connectivity index (χ2v) is 9.86. The van der Waals surface area contributed by atoms with E-state index in [0.717, 1.165) is 16.8 Å². The van der Waals surface area contributed by atoms with Gasteiger partial charge in [0, 0.05) is 29.8 Å². The highest BCUT2D eigenvalue weighted by molar-refractivity contribution is 5.96. The highest BCUT2D eigenvalue weighted by Crippen LogP contribution is 2.28. The molecule has 1 unspecified atom stereocenters. The van der Waals surface area contributed by atoms with E-state index < -0.39 is 23.5 Å². The van der Waals surface area contributed by atoms with Crippen molar-refractivity contribution in [3.8, 4) is 34.2 Å². The molecule has 0 saturated heterocycles. The fraction of sp³-hybridized carbons (Fsp3) is 0.188. The molecule has 0 aliphatic heterocycles. The van der Waals surface area contributed by atoms with Gasteiger partial charge in [0.25, 0.3) is 5.89 Å². The van der Waals surface area contributed by atoms with Crippen LogP contribution in [0.2, 0.25) is 0 Å². The number of aliphatic carboxylic acids is 1. The summed E-state index contributed by atoms with van der Waals surface area (Å²) in [5.41, 5.74) is 3.85. The lowest BCUT2D eigenvalue weighted by atomic mass is 9.93. The van der Waals surface area contributed by atoms with Crippen LogP contribution in [0.25, 0.3) is 34.2 Å². The monoisotopic (exact) mass is 569 g/mol. The molecule has 9 nitrogen and oxygen atoms in total. The number of nitrogens with zero attached hydrogens (tertiary/aromatic N) is 2. The number of aliphatic hydroxyl groups excluding tert-OH is 1. The van der Waals surface area contributed by atoms with E-state index in [1.54, 1.807) is 36.4 Å². The normalized spacial score (nSPS) is 11.8. The summed E-state index contributed by atoms with van der Waals surface area (Å²) in [6.07, 6.45) is -0.361. The van der Waals surface area contributed by atoms with E-state index in [4.69, 9.17) is 14.0 Å². The number of hydrogen-bond acceptors (Lipinski definition) is 8. The Bertz CT molecular complexity index is 1690. The molecule has 214 valence electrons. The first-order valence-corrected chi connectivity index (χ1v) is 13.3. The number of Topliss-reactive ketones (excluding diaryl/α,β-unsaturated/α-hetero) is 1. The zero-order valence-electron chi connectivity index (χ0n) is 22.7. The Balaban J connectivity index is 1.25. The summed E-state index contributed by atoms with van der Waals surface area (Å²) in [7, 11) is 0. The minimum Gasteiger partial charge on any atom is -0.481 e. The molecule has 0 aliphatic carbocycles. The summed E-state index contributed by atoms with van der Waals surface area (Å²) in [6.45, 7) is 2.40. The van der Waals surface area contributed by atoms with Crippen molar-refractivity contribution in [3.63, 3.8) is 0 Å². The third kappa shape index (κ3) is 6.61. The van der Waals surface area contributed by atoms with Gasteiger partial charge in [0.2, 0.25) is 5.82 Å². The number of carbonyl (C=O) groups is 2. The lowest BCUT2D eigenvalue weighted by Crippen LogP contribution is -2.20. The number of rotatable bonds is 12. The summed E-state index contributed by atoms with van der Waals surface area (Å²) in [6, 6.07) is 22.2. The number of hydrogen-bond donors (Lipinski definition) is 3. The van der Waals surface area contributed by atoms with Crippen LogP contribution < -0.4 is 5.32 Å². The number of halogens is 1. The van der Waals surface area contributed by atoms with Crippen LogP contribution in [0, 0.1) is 18.7 Å². The maximum absolute atomic E-state index is 15.1. The van der Waals surface area contributed by atoms with Crippen molar-refractivity contribution in [2.24, 2.45) is 5.92 Å². The zero-order valence-corrected chi connectivity index (χ0v) is 22.7. The average molecular weight is 570 g/mol. The molecular formula is C32H28FN3O6. The number of nitrogens with one attached hydrogen (secondary N) is 1. The minimum absolute atomic E-state index is 0.00884. The molecule has 0 bridgehead atoms. The van der Waals surface area contributed by atoms with E-state index in [-0.39, 0.29) is 42.5 Å². The fourth-order valence-corrected chi connectivity index (χ4v) is 4.46. The third-order valence-corrected chi connectivity index (χ3v) is 6.75. The van der Waals surface area contributed by atoms with Crippen molar-refractivity contribution in [1.82, 2.24) is 10.1 Å². The first kappa shape index (κ1) is 28.4. The van der Waals surface area contributed by atoms with Gasteiger partial charge in [0.1, 0.15) is 11.6 Å². The Hall–Kier alpha value is -5.09. The number of carboxylic acids is 1. The molecule has 42 heavy (non-hydrogen) atoms. The molecule has 1 atom stereocenters. The molecule has 5 aromatic rings. The van der Waals surface area contributed by atoms with Gasteiger partial charge in [-0.3, -0.25) is 9.59 Å². The van der Waals surface area contributed by atoms with Crippen molar-refractivity contribution in [2.75, 3.05) is 18.5 Å². The second-order valence-electron chi connectivity index (χ2n) is 9.86. The minimum atomic E-state index is -1.17. The molecule has 0 aliphatic rings. The number of furan rings is 1. The van der Waals surface area contributed by atoms with Gasteiger partial charge in [0.15, 0.2) is 11.5 Å². The second kappa shape index (κ2) is 12.6. The largest absolute Gasteiger partial charge is 0.481 e. The summed E-state index contributed by atoms with van der Waals surface area (Å²) in [5.74, 6) is -2.51. The molecule has 2 aromatic heterocycles. The van der Waals surface area contributed by atoms with Gasteiger partial charge >= 0.3 is 5.97 Å². The molecule has 10 heteroatoms. The SMILES string of the molecule is Cc1ccc(-c2ccc(C(=O)CC(Cc3ccc(-c4noc(-c5ccc(NCCO)cc5)n4)c(F)c3)C(=O)O)o2)cc1. The van der Waals surface area contributed by atoms with Crippen LogP contribution in [0.3, 0.4) is 0 Å². The molecule has 0 fully saturated rings. The van der Waals surface area contributed by atoms with Crippen LogP contribution in [0.5, 0.6) is 0 Å². The van der Waals surface area contributed by atoms with Gasteiger partial charge in [-0.1, -0.05) is 41.1 Å². The number of aromatic nitrogens is 2. The number of carboxylic acid groups (broad SMARTS) is 1. The number of aliphatic hydroxyl groups is 1. The number of carbonyl (C=O) groups excluding carboxylic acids is 1. The molecule has 3 aromatic carbocycles. The van der Waals surface area contributed by atoms with Gasteiger partial charge in [-0.05, 0) is 67.4 Å². The molecule has 0 amide bonds. The van der Waals surface area contributed by atoms with Crippen LogP contribution in [-0.2, 0) is 11.2 Å². The van der Waals surface area contributed by atoms with Crippen LogP contribution in [0.4, 0.5) is 10.1 Å². The lowest BCUT2D eigenvalue weighted by Gasteiger charge is -2.12. The Morgan fingerprint density at radius 3 is 2.40 bits per heavy atom. The first-order valence-electron chi connectivity index (χ1n) is 13.3. The van der Waals surface area contributed by atoms with E-state index in [2.05, 4.69) is 15.5 Å². The van der Waals surface area contributed by atoms with Crippen LogP contribution in [0.1, 0.15) is 28.1 Å². The first-order chi connectivity index (χ1) is 20.3. The summed E-state index contributed by atoms with van der Waals surface area (Å²) in [4.78, 5) is 29.2.